The van der Waals surface area contributed by atoms with E-state index in [0.717, 1.165) is 29.1 Å². The number of nitrogens with one attached hydrogen (secondary N) is 1. The number of aromatic nitrogens is 2. The van der Waals surface area contributed by atoms with Crippen molar-refractivity contribution < 1.29 is 4.74 Å². The monoisotopic (exact) mass is 258 g/mol. The molecule has 1 aliphatic carbocycles. The summed E-state index contributed by atoms with van der Waals surface area (Å²) in [4.78, 5) is 7.73. The molecule has 4 heteroatoms. The molecule has 0 radical (unpaired) electrons. The van der Waals surface area contributed by atoms with Crippen molar-refractivity contribution in [1.82, 2.24) is 9.97 Å². The first-order valence-corrected chi connectivity index (χ1v) is 6.52. The molecule has 0 unspecified atom stereocenters. The number of aryl methyl sites for hydroxylation is 1. The van der Waals surface area contributed by atoms with E-state index < -0.39 is 0 Å². The van der Waals surface area contributed by atoms with Gasteiger partial charge in [-0.2, -0.15) is 0 Å². The quantitative estimate of drug-likeness (QED) is 0.859. The molecular weight excluding hydrogens is 244 g/mol. The van der Waals surface area contributed by atoms with Crippen molar-refractivity contribution in [3.05, 3.63) is 52.1 Å². The third-order valence-corrected chi connectivity index (χ3v) is 3.46. The summed E-state index contributed by atoms with van der Waals surface area (Å²) in [5.74, 6) is 1.66. The van der Waals surface area contributed by atoms with Gasteiger partial charge in [-0.3, -0.25) is 0 Å². The number of rotatable bonds is 3. The maximum absolute atomic E-state index is 5.67. The highest BCUT2D eigenvalue weighted by Gasteiger charge is 2.14. The minimum atomic E-state index is 0.431. The van der Waals surface area contributed by atoms with Gasteiger partial charge in [-0.15, -0.1) is 0 Å². The Hall–Kier alpha value is -1.68. The van der Waals surface area contributed by atoms with Crippen molar-refractivity contribution >= 4 is 12.2 Å². The van der Waals surface area contributed by atoms with Crippen LogP contribution in [0.1, 0.15) is 23.5 Å². The Balaban J connectivity index is 1.78. The molecule has 1 aromatic heterocycles. The lowest BCUT2D eigenvalue weighted by Gasteiger charge is -2.07. The second-order valence-corrected chi connectivity index (χ2v) is 4.79. The number of ether oxygens (including phenoxy) is 1. The van der Waals surface area contributed by atoms with E-state index >= 15 is 0 Å². The minimum Gasteiger partial charge on any atom is -0.486 e. The van der Waals surface area contributed by atoms with E-state index in [-0.39, 0.29) is 0 Å². The fourth-order valence-electron chi connectivity index (χ4n) is 2.25. The fourth-order valence-corrected chi connectivity index (χ4v) is 2.58. The van der Waals surface area contributed by atoms with Crippen LogP contribution in [0.15, 0.2) is 30.3 Å². The number of hydrogen-bond acceptors (Lipinski definition) is 3. The maximum Gasteiger partial charge on any atom is 0.146 e. The van der Waals surface area contributed by atoms with Gasteiger partial charge in [0.05, 0.1) is 0 Å². The molecule has 18 heavy (non-hydrogen) atoms. The topological polar surface area (TPSA) is 37.9 Å². The van der Waals surface area contributed by atoms with Crippen molar-refractivity contribution in [2.45, 2.75) is 25.9 Å². The van der Waals surface area contributed by atoms with E-state index in [9.17, 15) is 0 Å². The van der Waals surface area contributed by atoms with Crippen LogP contribution in [0.2, 0.25) is 0 Å². The zero-order chi connectivity index (χ0) is 12.4. The summed E-state index contributed by atoms with van der Waals surface area (Å²) in [6.45, 7) is 0.431. The molecule has 0 amide bonds. The third kappa shape index (κ3) is 2.29. The van der Waals surface area contributed by atoms with Crippen LogP contribution < -0.4 is 4.74 Å². The summed E-state index contributed by atoms with van der Waals surface area (Å²) in [6, 6.07) is 9.74. The number of para-hydroxylation sites is 1. The van der Waals surface area contributed by atoms with Crippen molar-refractivity contribution in [3.8, 4) is 5.75 Å². The highest BCUT2D eigenvalue weighted by atomic mass is 32.1. The van der Waals surface area contributed by atoms with Gasteiger partial charge in [-0.25, -0.2) is 4.98 Å². The van der Waals surface area contributed by atoms with Gasteiger partial charge in [0, 0.05) is 11.3 Å². The van der Waals surface area contributed by atoms with Crippen LogP contribution in [0.3, 0.4) is 0 Å². The van der Waals surface area contributed by atoms with Gasteiger partial charge in [0.15, 0.2) is 0 Å². The molecule has 3 nitrogen and oxygen atoms in total. The molecule has 3 rings (SSSR count). The largest absolute Gasteiger partial charge is 0.486 e. The van der Waals surface area contributed by atoms with Crippen molar-refractivity contribution in [2.75, 3.05) is 0 Å². The fraction of sp³-hybridized carbons (Fsp3) is 0.286. The molecule has 0 bridgehead atoms. The first-order chi connectivity index (χ1) is 8.83. The van der Waals surface area contributed by atoms with Crippen molar-refractivity contribution in [1.29, 1.82) is 0 Å². The summed E-state index contributed by atoms with van der Waals surface area (Å²) >= 11 is 5.31. The zero-order valence-electron chi connectivity index (χ0n) is 9.98. The van der Waals surface area contributed by atoms with Gasteiger partial charge >= 0.3 is 0 Å². The number of nitrogens with zero attached hydrogens (tertiary/aromatic N) is 1. The van der Waals surface area contributed by atoms with Gasteiger partial charge in [-0.05, 0) is 31.4 Å². The number of fused-ring (bicyclic) bond motifs is 1. The van der Waals surface area contributed by atoms with Crippen LogP contribution in [0.5, 0.6) is 5.75 Å². The average Bonchev–Trinajstić information content (AvgIpc) is 2.86. The van der Waals surface area contributed by atoms with Crippen LogP contribution in [0.4, 0.5) is 0 Å². The molecule has 1 heterocycles. The van der Waals surface area contributed by atoms with E-state index in [4.69, 9.17) is 17.0 Å². The Morgan fingerprint density at radius 2 is 2.06 bits per heavy atom. The Bertz CT molecular complexity index is 607. The van der Waals surface area contributed by atoms with Crippen LogP contribution in [0, 0.1) is 4.64 Å². The lowest BCUT2D eigenvalue weighted by molar-refractivity contribution is 0.295. The van der Waals surface area contributed by atoms with Crippen LogP contribution in [-0.2, 0) is 19.4 Å². The number of aromatic amines is 1. The Morgan fingerprint density at radius 1 is 1.22 bits per heavy atom. The molecule has 0 spiro atoms. The third-order valence-electron chi connectivity index (χ3n) is 3.13. The average molecular weight is 258 g/mol. The molecule has 1 N–H and O–H groups in total. The molecule has 0 fully saturated rings. The summed E-state index contributed by atoms with van der Waals surface area (Å²) in [5.41, 5.74) is 2.45. The molecule has 2 aromatic rings. The standard InChI is InChI=1S/C14H14N2OS/c18-14-11-7-4-8-12(11)15-13(16-14)9-17-10-5-2-1-3-6-10/h1-3,5-6H,4,7-9H2,(H,15,16,18). The molecule has 92 valence electrons. The molecule has 0 aliphatic heterocycles. The predicted octanol–water partition coefficient (Wildman–Crippen LogP) is 3.21. The van der Waals surface area contributed by atoms with Crippen LogP contribution >= 0.6 is 12.2 Å². The van der Waals surface area contributed by atoms with E-state index in [2.05, 4.69) is 9.97 Å². The minimum absolute atomic E-state index is 0.431. The molecule has 1 aromatic carbocycles. The smallest absolute Gasteiger partial charge is 0.146 e. The SMILES string of the molecule is S=c1nc(COc2ccccc2)[nH]c2c1CCC2. The van der Waals surface area contributed by atoms with Crippen LogP contribution in [-0.4, -0.2) is 9.97 Å². The summed E-state index contributed by atoms with van der Waals surface area (Å²) in [6.07, 6.45) is 3.29. The second kappa shape index (κ2) is 4.90. The Morgan fingerprint density at radius 3 is 2.89 bits per heavy atom. The van der Waals surface area contributed by atoms with Crippen molar-refractivity contribution in [2.24, 2.45) is 0 Å². The first-order valence-electron chi connectivity index (χ1n) is 6.12. The number of hydrogen-bond donors (Lipinski definition) is 1. The first kappa shape index (κ1) is 11.4. The van der Waals surface area contributed by atoms with Gasteiger partial charge in [0.2, 0.25) is 0 Å². The van der Waals surface area contributed by atoms with Crippen LogP contribution in [0.25, 0.3) is 0 Å². The van der Waals surface area contributed by atoms with Gasteiger partial charge in [0.25, 0.3) is 0 Å². The highest BCUT2D eigenvalue weighted by molar-refractivity contribution is 7.71. The lowest BCUT2D eigenvalue weighted by Crippen LogP contribution is -2.05. The number of benzene rings is 1. The molecule has 0 saturated heterocycles. The number of H-pyrrole nitrogens is 1. The molecular formula is C14H14N2OS. The van der Waals surface area contributed by atoms with E-state index in [0.29, 0.717) is 6.61 Å². The Labute approximate surface area is 111 Å². The maximum atomic E-state index is 5.67. The normalized spacial score (nSPS) is 13.3. The highest BCUT2D eigenvalue weighted by Crippen LogP contribution is 2.20. The van der Waals surface area contributed by atoms with Gasteiger partial charge in [0.1, 0.15) is 22.8 Å². The summed E-state index contributed by atoms with van der Waals surface area (Å²) in [5, 5.41) is 0. The van der Waals surface area contributed by atoms with Crippen molar-refractivity contribution in [3.63, 3.8) is 0 Å². The summed E-state index contributed by atoms with van der Waals surface area (Å²) in [7, 11) is 0. The molecule has 1 aliphatic rings. The van der Waals surface area contributed by atoms with Gasteiger partial charge in [-0.1, -0.05) is 30.4 Å². The Kier molecular flexibility index (Phi) is 3.11. The predicted molar refractivity (Wildman–Crippen MR) is 72.2 cm³/mol. The second-order valence-electron chi connectivity index (χ2n) is 4.40. The summed E-state index contributed by atoms with van der Waals surface area (Å²) < 4.78 is 6.40. The van der Waals surface area contributed by atoms with E-state index in [1.807, 2.05) is 30.3 Å². The zero-order valence-corrected chi connectivity index (χ0v) is 10.8. The lowest BCUT2D eigenvalue weighted by atomic mass is 10.3. The molecule has 0 atom stereocenters. The van der Waals surface area contributed by atoms with E-state index in [1.54, 1.807) is 0 Å². The van der Waals surface area contributed by atoms with E-state index in [1.165, 1.54) is 17.7 Å². The van der Waals surface area contributed by atoms with Gasteiger partial charge < -0.3 is 9.72 Å². The molecule has 0 saturated carbocycles.